The first kappa shape index (κ1) is 18.7. The molecule has 2 fully saturated rings. The van der Waals surface area contributed by atoms with E-state index in [1.807, 2.05) is 6.92 Å². The van der Waals surface area contributed by atoms with Crippen LogP contribution in [0.25, 0.3) is 0 Å². The Labute approximate surface area is 142 Å². The van der Waals surface area contributed by atoms with E-state index >= 15 is 0 Å². The fourth-order valence-corrected chi connectivity index (χ4v) is 3.15. The van der Waals surface area contributed by atoms with Gasteiger partial charge in [0.1, 0.15) is 12.2 Å². The zero-order valence-corrected chi connectivity index (χ0v) is 14.9. The molecule has 2 heterocycles. The largest absolute Gasteiger partial charge is 0.361 e. The van der Waals surface area contributed by atoms with Crippen LogP contribution in [0.15, 0.2) is 24.3 Å². The second-order valence-electron chi connectivity index (χ2n) is 6.52. The Morgan fingerprint density at radius 1 is 0.826 bits per heavy atom. The molecule has 2 aliphatic heterocycles. The minimum atomic E-state index is -0.126. The van der Waals surface area contributed by atoms with Crippen LogP contribution in [0.4, 0.5) is 0 Å². The molecular weight excluding hydrogens is 288 g/mol. The molecule has 23 heavy (non-hydrogen) atoms. The lowest BCUT2D eigenvalue weighted by Gasteiger charge is -2.16. The van der Waals surface area contributed by atoms with E-state index in [0.29, 0.717) is 6.61 Å². The first-order valence-electron chi connectivity index (χ1n) is 9.59. The molecule has 0 aromatic carbocycles. The second-order valence-corrected chi connectivity index (χ2v) is 6.52. The summed E-state index contributed by atoms with van der Waals surface area (Å²) in [5.41, 5.74) is 0. The maximum absolute atomic E-state index is 5.87. The summed E-state index contributed by atoms with van der Waals surface area (Å²) < 4.78 is 17.0. The van der Waals surface area contributed by atoms with Crippen LogP contribution in [-0.2, 0) is 14.2 Å². The van der Waals surface area contributed by atoms with Gasteiger partial charge in [-0.3, -0.25) is 0 Å². The summed E-state index contributed by atoms with van der Waals surface area (Å²) in [5, 5.41) is 0. The van der Waals surface area contributed by atoms with Gasteiger partial charge < -0.3 is 14.2 Å². The standard InChI is InChI=1S/C20H34O3/c1-3-5-6-7-8-9-10-11-12-13-14-15-16-17-18-19(23-18)20(22-17)21-4-2/h10-11,13-14,17-20H,3-9,12,15-16H2,1-2H3/b11-10+,14-13+/t17-,18-,19-,20?/m1/s1. The Bertz CT molecular complexity index is 364. The van der Waals surface area contributed by atoms with Gasteiger partial charge in [-0.15, -0.1) is 0 Å². The molecule has 1 unspecified atom stereocenters. The van der Waals surface area contributed by atoms with Crippen molar-refractivity contribution < 1.29 is 14.2 Å². The van der Waals surface area contributed by atoms with Gasteiger partial charge in [-0.2, -0.15) is 0 Å². The molecule has 0 bridgehead atoms. The molecule has 0 radical (unpaired) electrons. The highest BCUT2D eigenvalue weighted by atomic mass is 16.8. The van der Waals surface area contributed by atoms with Crippen molar-refractivity contribution in [1.29, 1.82) is 0 Å². The Kier molecular flexibility index (Phi) is 8.95. The maximum Gasteiger partial charge on any atom is 0.186 e. The molecule has 132 valence electrons. The fraction of sp³-hybridized carbons (Fsp3) is 0.800. The van der Waals surface area contributed by atoms with E-state index in [9.17, 15) is 0 Å². The van der Waals surface area contributed by atoms with E-state index in [2.05, 4.69) is 31.2 Å². The Morgan fingerprint density at radius 3 is 2.39 bits per heavy atom. The molecule has 0 spiro atoms. The molecule has 0 N–H and O–H groups in total. The number of rotatable bonds is 13. The van der Waals surface area contributed by atoms with Crippen LogP contribution in [0.5, 0.6) is 0 Å². The van der Waals surface area contributed by atoms with Gasteiger partial charge in [0.25, 0.3) is 0 Å². The molecule has 0 aliphatic carbocycles. The van der Waals surface area contributed by atoms with E-state index in [1.165, 1.54) is 38.5 Å². The summed E-state index contributed by atoms with van der Waals surface area (Å²) in [4.78, 5) is 0. The summed E-state index contributed by atoms with van der Waals surface area (Å²) in [7, 11) is 0. The first-order chi connectivity index (χ1) is 11.4. The molecule has 0 saturated carbocycles. The van der Waals surface area contributed by atoms with Crippen molar-refractivity contribution in [2.24, 2.45) is 0 Å². The molecule has 4 atom stereocenters. The first-order valence-corrected chi connectivity index (χ1v) is 9.59. The molecule has 2 rings (SSSR count). The molecule has 3 heteroatoms. The third-order valence-corrected chi connectivity index (χ3v) is 4.53. The number of hydrogen-bond donors (Lipinski definition) is 0. The molecule has 0 amide bonds. The van der Waals surface area contributed by atoms with E-state index in [-0.39, 0.29) is 24.6 Å². The zero-order chi connectivity index (χ0) is 16.3. The predicted octanol–water partition coefficient (Wildman–Crippen LogP) is 5.16. The van der Waals surface area contributed by atoms with Crippen LogP contribution >= 0.6 is 0 Å². The van der Waals surface area contributed by atoms with Gasteiger partial charge in [0.15, 0.2) is 6.29 Å². The molecular formula is C20H34O3. The van der Waals surface area contributed by atoms with Crippen LogP contribution in [0.2, 0.25) is 0 Å². The maximum atomic E-state index is 5.87. The molecule has 0 aromatic rings. The van der Waals surface area contributed by atoms with Gasteiger partial charge >= 0.3 is 0 Å². The summed E-state index contributed by atoms with van der Waals surface area (Å²) >= 11 is 0. The van der Waals surface area contributed by atoms with Crippen LogP contribution < -0.4 is 0 Å². The van der Waals surface area contributed by atoms with E-state index in [1.54, 1.807) is 0 Å². The number of allylic oxidation sites excluding steroid dienone is 4. The number of epoxide rings is 1. The summed E-state index contributed by atoms with van der Waals surface area (Å²) in [6.07, 6.45) is 20.9. The number of ether oxygens (including phenoxy) is 3. The highest BCUT2D eigenvalue weighted by Crippen LogP contribution is 2.41. The summed E-state index contributed by atoms with van der Waals surface area (Å²) in [5.74, 6) is 0. The van der Waals surface area contributed by atoms with Crippen molar-refractivity contribution >= 4 is 0 Å². The van der Waals surface area contributed by atoms with E-state index < -0.39 is 0 Å². The topological polar surface area (TPSA) is 31.0 Å². The van der Waals surface area contributed by atoms with Crippen molar-refractivity contribution in [3.8, 4) is 0 Å². The quantitative estimate of drug-likeness (QED) is 0.267. The van der Waals surface area contributed by atoms with Crippen molar-refractivity contribution in [2.45, 2.75) is 96.2 Å². The SMILES string of the molecule is CCCCCCC/C=C/C/C=C/CC[C@H]1OC(OCC)[C@@H]2O[C@H]12. The van der Waals surface area contributed by atoms with Crippen LogP contribution in [0.3, 0.4) is 0 Å². The lowest BCUT2D eigenvalue weighted by molar-refractivity contribution is -0.171. The van der Waals surface area contributed by atoms with Gasteiger partial charge in [-0.25, -0.2) is 0 Å². The van der Waals surface area contributed by atoms with Crippen molar-refractivity contribution in [3.63, 3.8) is 0 Å². The number of fused-ring (bicyclic) bond motifs is 1. The van der Waals surface area contributed by atoms with E-state index in [4.69, 9.17) is 14.2 Å². The normalized spacial score (nSPS) is 29.7. The van der Waals surface area contributed by atoms with Gasteiger partial charge in [0.05, 0.1) is 6.10 Å². The van der Waals surface area contributed by atoms with Gasteiger partial charge in [0.2, 0.25) is 0 Å². The lowest BCUT2D eigenvalue weighted by atomic mass is 10.1. The number of hydrogen-bond acceptors (Lipinski definition) is 3. The minimum Gasteiger partial charge on any atom is -0.361 e. The summed E-state index contributed by atoms with van der Waals surface area (Å²) in [6.45, 7) is 4.95. The average Bonchev–Trinajstić information content (AvgIpc) is 3.28. The van der Waals surface area contributed by atoms with Crippen LogP contribution in [0.1, 0.15) is 71.6 Å². The minimum absolute atomic E-state index is 0.126. The second kappa shape index (κ2) is 11.0. The Morgan fingerprint density at radius 2 is 1.61 bits per heavy atom. The Hall–Kier alpha value is -0.640. The zero-order valence-electron chi connectivity index (χ0n) is 14.9. The van der Waals surface area contributed by atoms with Gasteiger partial charge in [0, 0.05) is 6.61 Å². The third kappa shape index (κ3) is 6.78. The molecule has 3 nitrogen and oxygen atoms in total. The molecule has 2 aliphatic rings. The smallest absolute Gasteiger partial charge is 0.186 e. The summed E-state index contributed by atoms with van der Waals surface area (Å²) in [6, 6.07) is 0. The monoisotopic (exact) mass is 322 g/mol. The third-order valence-electron chi connectivity index (χ3n) is 4.53. The number of unbranched alkanes of at least 4 members (excludes halogenated alkanes) is 5. The highest BCUT2D eigenvalue weighted by molar-refractivity contribution is 5.01. The van der Waals surface area contributed by atoms with Gasteiger partial charge in [-0.1, -0.05) is 56.9 Å². The van der Waals surface area contributed by atoms with Crippen molar-refractivity contribution in [1.82, 2.24) is 0 Å². The highest BCUT2D eigenvalue weighted by Gasteiger charge is 2.58. The van der Waals surface area contributed by atoms with Gasteiger partial charge in [-0.05, 0) is 39.0 Å². The lowest BCUT2D eigenvalue weighted by Crippen LogP contribution is -2.22. The molecule has 2 saturated heterocycles. The fourth-order valence-electron chi connectivity index (χ4n) is 3.15. The van der Waals surface area contributed by atoms with Crippen molar-refractivity contribution in [3.05, 3.63) is 24.3 Å². The van der Waals surface area contributed by atoms with Crippen molar-refractivity contribution in [2.75, 3.05) is 6.61 Å². The predicted molar refractivity (Wildman–Crippen MR) is 94.5 cm³/mol. The van der Waals surface area contributed by atoms with E-state index in [0.717, 1.165) is 19.3 Å². The average molecular weight is 322 g/mol. The van der Waals surface area contributed by atoms with Crippen LogP contribution in [0, 0.1) is 0 Å². The molecule has 0 aromatic heterocycles. The Balaban J connectivity index is 1.43. The van der Waals surface area contributed by atoms with Crippen LogP contribution in [-0.4, -0.2) is 31.2 Å².